The average molecular weight is 346 g/mol. The number of carbonyl (C=O) groups excluding carboxylic acids is 1. The van der Waals surface area contributed by atoms with Crippen LogP contribution in [-0.2, 0) is 9.47 Å². The molecule has 1 aliphatic heterocycles. The van der Waals surface area contributed by atoms with Crippen molar-refractivity contribution < 1.29 is 49.6 Å². The lowest BCUT2D eigenvalue weighted by Gasteiger charge is -2.39. The van der Waals surface area contributed by atoms with Crippen LogP contribution in [0, 0.1) is 0 Å². The summed E-state index contributed by atoms with van der Waals surface area (Å²) in [5.74, 6) is -2.67. The normalized spacial score (nSPS) is 30.0. The molecule has 10 nitrogen and oxygen atoms in total. The molecular formula is C14H18O10. The quantitative estimate of drug-likeness (QED) is 0.267. The van der Waals surface area contributed by atoms with Gasteiger partial charge in [-0.25, -0.2) is 4.79 Å². The number of aromatic hydroxyl groups is 2. The van der Waals surface area contributed by atoms with Crippen LogP contribution in [0.1, 0.15) is 10.4 Å². The van der Waals surface area contributed by atoms with Gasteiger partial charge in [0.15, 0.2) is 11.5 Å². The Morgan fingerprint density at radius 1 is 1.17 bits per heavy atom. The fourth-order valence-corrected chi connectivity index (χ4v) is 2.21. The number of ether oxygens (including phenoxy) is 3. The monoisotopic (exact) mass is 346 g/mol. The van der Waals surface area contributed by atoms with E-state index in [2.05, 4.69) is 4.74 Å². The maximum Gasteiger partial charge on any atom is 0.338 e. The number of esters is 1. The Balaban J connectivity index is 2.29. The van der Waals surface area contributed by atoms with Crippen LogP contribution >= 0.6 is 0 Å². The topological polar surface area (TPSA) is 166 Å². The van der Waals surface area contributed by atoms with Gasteiger partial charge in [0.2, 0.25) is 12.0 Å². The Bertz CT molecular complexity index is 601. The van der Waals surface area contributed by atoms with E-state index in [1.165, 1.54) is 0 Å². The lowest BCUT2D eigenvalue weighted by molar-refractivity contribution is -0.277. The molecule has 0 saturated carbocycles. The van der Waals surface area contributed by atoms with Crippen LogP contribution in [-0.4, -0.2) is 81.0 Å². The van der Waals surface area contributed by atoms with Gasteiger partial charge in [0.1, 0.15) is 24.4 Å². The van der Waals surface area contributed by atoms with Crippen LogP contribution in [0.25, 0.3) is 0 Å². The summed E-state index contributed by atoms with van der Waals surface area (Å²) in [6.07, 6.45) is -7.77. The second-order valence-electron chi connectivity index (χ2n) is 5.15. The molecule has 0 amide bonds. The molecule has 2 rings (SSSR count). The molecule has 6 N–H and O–H groups in total. The molecule has 1 fully saturated rings. The molecule has 24 heavy (non-hydrogen) atoms. The fraction of sp³-hybridized carbons (Fsp3) is 0.500. The number of phenols is 2. The van der Waals surface area contributed by atoms with Gasteiger partial charge in [-0.15, -0.1) is 0 Å². The third-order valence-corrected chi connectivity index (χ3v) is 3.57. The van der Waals surface area contributed by atoms with E-state index in [1.807, 2.05) is 0 Å². The summed E-state index contributed by atoms with van der Waals surface area (Å²) in [5.41, 5.74) is -0.146. The van der Waals surface area contributed by atoms with Crippen molar-refractivity contribution in [3.8, 4) is 17.2 Å². The summed E-state index contributed by atoms with van der Waals surface area (Å²) in [6, 6.07) is 1.98. The van der Waals surface area contributed by atoms with E-state index in [9.17, 15) is 30.3 Å². The number of aliphatic hydroxyl groups is 4. The number of hydrogen-bond donors (Lipinski definition) is 6. The smallest absolute Gasteiger partial charge is 0.338 e. The Kier molecular flexibility index (Phi) is 5.47. The molecule has 134 valence electrons. The zero-order valence-corrected chi connectivity index (χ0v) is 12.6. The van der Waals surface area contributed by atoms with E-state index in [1.54, 1.807) is 0 Å². The summed E-state index contributed by atoms with van der Waals surface area (Å²) in [5, 5.41) is 57.8. The first kappa shape index (κ1) is 18.2. The third-order valence-electron chi connectivity index (χ3n) is 3.57. The van der Waals surface area contributed by atoms with Crippen LogP contribution in [0.3, 0.4) is 0 Å². The third kappa shape index (κ3) is 3.37. The maximum atomic E-state index is 11.5. The molecule has 5 atom stereocenters. The van der Waals surface area contributed by atoms with Crippen LogP contribution in [0.15, 0.2) is 12.1 Å². The molecule has 0 aromatic heterocycles. The first-order valence-corrected chi connectivity index (χ1v) is 6.91. The minimum Gasteiger partial charge on any atom is -0.504 e. The highest BCUT2D eigenvalue weighted by atomic mass is 16.7. The molecule has 0 radical (unpaired) electrons. The zero-order valence-electron chi connectivity index (χ0n) is 12.6. The zero-order chi connectivity index (χ0) is 18.0. The van der Waals surface area contributed by atoms with E-state index >= 15 is 0 Å². The van der Waals surface area contributed by atoms with Crippen molar-refractivity contribution in [1.82, 2.24) is 0 Å². The first-order chi connectivity index (χ1) is 11.3. The summed E-state index contributed by atoms with van der Waals surface area (Å²) in [7, 11) is 1.12. The summed E-state index contributed by atoms with van der Waals surface area (Å²) >= 11 is 0. The molecule has 1 aromatic carbocycles. The lowest BCUT2D eigenvalue weighted by atomic mass is 9.99. The standard InChI is InChI=1S/C14H18O10/c1-22-13(21)5-2-6(16)9(17)7(3-5)23-14-12(20)11(19)10(18)8(4-15)24-14/h2-3,8,10-12,14-20H,4H2,1H3/t8-,10-,11+,12-,14?/m1/s1. The van der Waals surface area contributed by atoms with Crippen molar-refractivity contribution in [2.45, 2.75) is 30.7 Å². The van der Waals surface area contributed by atoms with Gasteiger partial charge in [-0.3, -0.25) is 0 Å². The Morgan fingerprint density at radius 3 is 2.42 bits per heavy atom. The lowest BCUT2D eigenvalue weighted by Crippen LogP contribution is -2.60. The van der Waals surface area contributed by atoms with Gasteiger partial charge in [-0.1, -0.05) is 0 Å². The maximum absolute atomic E-state index is 11.5. The highest BCUT2D eigenvalue weighted by Crippen LogP contribution is 2.38. The van der Waals surface area contributed by atoms with E-state index < -0.39 is 60.5 Å². The molecule has 1 aromatic rings. The predicted molar refractivity (Wildman–Crippen MR) is 75.5 cm³/mol. The average Bonchev–Trinajstić information content (AvgIpc) is 2.58. The largest absolute Gasteiger partial charge is 0.504 e. The molecule has 10 heteroatoms. The van der Waals surface area contributed by atoms with Crippen molar-refractivity contribution in [3.05, 3.63) is 17.7 Å². The summed E-state index contributed by atoms with van der Waals surface area (Å²) in [4.78, 5) is 11.5. The highest BCUT2D eigenvalue weighted by molar-refractivity contribution is 5.91. The van der Waals surface area contributed by atoms with Gasteiger partial charge in [-0.2, -0.15) is 0 Å². The van der Waals surface area contributed by atoms with Crippen molar-refractivity contribution in [2.24, 2.45) is 0 Å². The molecule has 1 saturated heterocycles. The number of rotatable bonds is 4. The van der Waals surface area contributed by atoms with E-state index in [-0.39, 0.29) is 5.56 Å². The van der Waals surface area contributed by atoms with Crippen LogP contribution in [0.5, 0.6) is 17.2 Å². The van der Waals surface area contributed by atoms with Crippen LogP contribution in [0.2, 0.25) is 0 Å². The van der Waals surface area contributed by atoms with E-state index in [4.69, 9.17) is 14.6 Å². The number of phenolic OH excluding ortho intramolecular Hbond substituents is 2. The Morgan fingerprint density at radius 2 is 1.83 bits per heavy atom. The number of aliphatic hydroxyl groups excluding tert-OH is 4. The molecule has 0 spiro atoms. The van der Waals surface area contributed by atoms with Crippen molar-refractivity contribution in [3.63, 3.8) is 0 Å². The second-order valence-corrected chi connectivity index (χ2v) is 5.15. The minimum absolute atomic E-state index is 0.146. The molecule has 0 bridgehead atoms. The van der Waals surface area contributed by atoms with Gasteiger partial charge >= 0.3 is 5.97 Å². The van der Waals surface area contributed by atoms with Gasteiger partial charge < -0.3 is 44.8 Å². The molecule has 0 aliphatic carbocycles. The number of carbonyl (C=O) groups is 1. The number of benzene rings is 1. The van der Waals surface area contributed by atoms with Crippen LogP contribution in [0.4, 0.5) is 0 Å². The second kappa shape index (κ2) is 7.20. The number of hydrogen-bond acceptors (Lipinski definition) is 10. The first-order valence-electron chi connectivity index (χ1n) is 6.91. The summed E-state index contributed by atoms with van der Waals surface area (Å²) in [6.45, 7) is -0.662. The SMILES string of the molecule is COC(=O)c1cc(O)c(O)c(OC2O[C@H](CO)[C@@H](O)[C@H](O)[C@H]2O)c1. The van der Waals surface area contributed by atoms with Gasteiger partial charge in [0.25, 0.3) is 0 Å². The highest BCUT2D eigenvalue weighted by Gasteiger charge is 2.45. The van der Waals surface area contributed by atoms with Gasteiger partial charge in [-0.05, 0) is 12.1 Å². The Hall–Kier alpha value is -2.11. The van der Waals surface area contributed by atoms with Gasteiger partial charge in [0, 0.05) is 0 Å². The van der Waals surface area contributed by atoms with Crippen molar-refractivity contribution in [1.29, 1.82) is 0 Å². The van der Waals surface area contributed by atoms with Crippen molar-refractivity contribution in [2.75, 3.05) is 13.7 Å². The number of methoxy groups -OCH3 is 1. The fourth-order valence-electron chi connectivity index (χ4n) is 2.21. The molecule has 1 aliphatic rings. The molecule has 1 heterocycles. The predicted octanol–water partition coefficient (Wildman–Crippen LogP) is -1.94. The molecule has 1 unspecified atom stereocenters. The van der Waals surface area contributed by atoms with Gasteiger partial charge in [0.05, 0.1) is 19.3 Å². The van der Waals surface area contributed by atoms with Crippen LogP contribution < -0.4 is 4.74 Å². The van der Waals surface area contributed by atoms with E-state index in [0.29, 0.717) is 0 Å². The Labute approximate surface area is 136 Å². The van der Waals surface area contributed by atoms with E-state index in [0.717, 1.165) is 19.2 Å². The molecular weight excluding hydrogens is 328 g/mol. The minimum atomic E-state index is -1.72. The summed E-state index contributed by atoms with van der Waals surface area (Å²) < 4.78 is 14.8. The van der Waals surface area contributed by atoms with Crippen molar-refractivity contribution >= 4 is 5.97 Å².